The second kappa shape index (κ2) is 7.12. The molecular weight excluding hydrogens is 287 g/mol. The summed E-state index contributed by atoms with van der Waals surface area (Å²) in [6, 6.07) is 0. The number of hydrogen-bond acceptors (Lipinski definition) is 3. The average Bonchev–Trinajstić information content (AvgIpc) is 2.82. The first-order valence-corrected chi connectivity index (χ1v) is 6.42. The van der Waals surface area contributed by atoms with E-state index in [9.17, 15) is 4.79 Å². The second-order valence-electron chi connectivity index (χ2n) is 4.76. The van der Waals surface area contributed by atoms with Crippen LogP contribution in [0.1, 0.15) is 34.8 Å². The number of hydrogen-bond donors (Lipinski definition) is 2. The van der Waals surface area contributed by atoms with E-state index < -0.39 is 0 Å². The van der Waals surface area contributed by atoms with Crippen molar-refractivity contribution in [2.75, 3.05) is 26.2 Å². The molecule has 19 heavy (non-hydrogen) atoms. The van der Waals surface area contributed by atoms with Gasteiger partial charge in [0.05, 0.1) is 5.69 Å². The van der Waals surface area contributed by atoms with Gasteiger partial charge in [0, 0.05) is 31.9 Å². The van der Waals surface area contributed by atoms with Crippen LogP contribution in [0.3, 0.4) is 0 Å². The molecule has 0 saturated carbocycles. The van der Waals surface area contributed by atoms with Crippen molar-refractivity contribution in [2.24, 2.45) is 0 Å². The van der Waals surface area contributed by atoms with Crippen molar-refractivity contribution in [3.63, 3.8) is 0 Å². The molecule has 0 aromatic carbocycles. The Bertz CT molecular complexity index is 406. The summed E-state index contributed by atoms with van der Waals surface area (Å²) in [4.78, 5) is 21.8. The molecule has 1 aliphatic carbocycles. The van der Waals surface area contributed by atoms with Gasteiger partial charge >= 0.3 is 0 Å². The van der Waals surface area contributed by atoms with Crippen LogP contribution in [0, 0.1) is 0 Å². The van der Waals surface area contributed by atoms with Gasteiger partial charge in [0.2, 0.25) is 0 Å². The Morgan fingerprint density at radius 3 is 2.47 bits per heavy atom. The highest BCUT2D eigenvalue weighted by molar-refractivity contribution is 5.90. The largest absolute Gasteiger partial charge is 0.337 e. The smallest absolute Gasteiger partial charge is 0.289 e. The standard InChI is InChI=1S/C12H18N4O.2ClH/c17-12(16-7-5-13-6-8-16)11-14-9-3-1-2-4-10(9)15-11;;/h13H,1-8H2,(H,14,15);2*1H. The molecule has 3 rings (SSSR count). The number of carbonyl (C=O) groups excluding carboxylic acids is 1. The zero-order valence-corrected chi connectivity index (χ0v) is 12.4. The third-order valence-corrected chi connectivity index (χ3v) is 3.56. The minimum Gasteiger partial charge on any atom is -0.337 e. The lowest BCUT2D eigenvalue weighted by atomic mass is 10.0. The first-order chi connectivity index (χ1) is 8.34. The van der Waals surface area contributed by atoms with E-state index in [1.165, 1.54) is 18.5 Å². The number of imidazole rings is 1. The molecule has 2 aliphatic rings. The zero-order chi connectivity index (χ0) is 11.7. The number of aromatic nitrogens is 2. The molecule has 1 fully saturated rings. The van der Waals surface area contributed by atoms with Crippen LogP contribution >= 0.6 is 24.8 Å². The minimum atomic E-state index is 0. The topological polar surface area (TPSA) is 61.0 Å². The third kappa shape index (κ3) is 3.41. The summed E-state index contributed by atoms with van der Waals surface area (Å²) >= 11 is 0. The molecule has 0 spiro atoms. The molecule has 0 unspecified atom stereocenters. The number of aromatic amines is 1. The quantitative estimate of drug-likeness (QED) is 0.819. The molecule has 0 bridgehead atoms. The summed E-state index contributed by atoms with van der Waals surface area (Å²) < 4.78 is 0. The lowest BCUT2D eigenvalue weighted by Crippen LogP contribution is -2.46. The van der Waals surface area contributed by atoms with Crippen molar-refractivity contribution in [3.05, 3.63) is 17.2 Å². The molecule has 5 nitrogen and oxygen atoms in total. The van der Waals surface area contributed by atoms with Crippen LogP contribution in [-0.2, 0) is 12.8 Å². The van der Waals surface area contributed by atoms with E-state index in [2.05, 4.69) is 15.3 Å². The van der Waals surface area contributed by atoms with Gasteiger partial charge in [-0.25, -0.2) is 4.98 Å². The Morgan fingerprint density at radius 1 is 1.11 bits per heavy atom. The van der Waals surface area contributed by atoms with E-state index in [4.69, 9.17) is 0 Å². The van der Waals surface area contributed by atoms with Gasteiger partial charge in [-0.3, -0.25) is 4.79 Å². The Morgan fingerprint density at radius 2 is 1.79 bits per heavy atom. The molecule has 108 valence electrons. The first kappa shape index (κ1) is 16.3. The summed E-state index contributed by atoms with van der Waals surface area (Å²) in [5, 5.41) is 3.25. The highest BCUT2D eigenvalue weighted by atomic mass is 35.5. The molecule has 0 atom stereocenters. The molecule has 1 aromatic heterocycles. The van der Waals surface area contributed by atoms with E-state index >= 15 is 0 Å². The van der Waals surface area contributed by atoms with Gasteiger partial charge in [-0.2, -0.15) is 0 Å². The van der Waals surface area contributed by atoms with Gasteiger partial charge in [-0.05, 0) is 25.7 Å². The number of H-pyrrole nitrogens is 1. The molecule has 1 amide bonds. The lowest BCUT2D eigenvalue weighted by molar-refractivity contribution is 0.0724. The van der Waals surface area contributed by atoms with Crippen LogP contribution < -0.4 is 5.32 Å². The van der Waals surface area contributed by atoms with Gasteiger partial charge in [0.25, 0.3) is 5.91 Å². The Kier molecular flexibility index (Phi) is 6.10. The van der Waals surface area contributed by atoms with Gasteiger partial charge in [-0.15, -0.1) is 24.8 Å². The van der Waals surface area contributed by atoms with E-state index in [0.717, 1.165) is 44.7 Å². The SMILES string of the molecule is Cl.Cl.O=C(c1nc2c([nH]1)CCCC2)N1CCNCC1. The van der Waals surface area contributed by atoms with Crippen molar-refractivity contribution in [1.29, 1.82) is 0 Å². The maximum atomic E-state index is 12.2. The summed E-state index contributed by atoms with van der Waals surface area (Å²) in [6.07, 6.45) is 4.45. The average molecular weight is 307 g/mol. The molecule has 0 radical (unpaired) electrons. The zero-order valence-electron chi connectivity index (χ0n) is 10.8. The molecule has 2 N–H and O–H groups in total. The molecule has 2 heterocycles. The maximum absolute atomic E-state index is 12.2. The Hall–Kier alpha value is -0.780. The second-order valence-corrected chi connectivity index (χ2v) is 4.76. The summed E-state index contributed by atoms with van der Waals surface area (Å²) in [5.74, 6) is 0.597. The Balaban J connectivity index is 0.000000902. The third-order valence-electron chi connectivity index (χ3n) is 3.56. The fraction of sp³-hybridized carbons (Fsp3) is 0.667. The number of carbonyl (C=O) groups is 1. The lowest BCUT2D eigenvalue weighted by Gasteiger charge is -2.26. The van der Waals surface area contributed by atoms with Crippen molar-refractivity contribution >= 4 is 30.7 Å². The number of aryl methyl sites for hydroxylation is 2. The summed E-state index contributed by atoms with van der Waals surface area (Å²) in [7, 11) is 0. The van der Waals surface area contributed by atoms with Gasteiger partial charge in [-0.1, -0.05) is 0 Å². The van der Waals surface area contributed by atoms with Crippen LogP contribution in [0.25, 0.3) is 0 Å². The minimum absolute atomic E-state index is 0. The van der Waals surface area contributed by atoms with Crippen molar-refractivity contribution in [1.82, 2.24) is 20.2 Å². The van der Waals surface area contributed by atoms with Crippen molar-refractivity contribution in [2.45, 2.75) is 25.7 Å². The van der Waals surface area contributed by atoms with E-state index in [1.807, 2.05) is 4.90 Å². The first-order valence-electron chi connectivity index (χ1n) is 6.42. The number of rotatable bonds is 1. The van der Waals surface area contributed by atoms with Crippen LogP contribution in [0.2, 0.25) is 0 Å². The molecule has 1 aliphatic heterocycles. The number of amides is 1. The number of halogens is 2. The van der Waals surface area contributed by atoms with Crippen LogP contribution in [-0.4, -0.2) is 47.0 Å². The van der Waals surface area contributed by atoms with Crippen LogP contribution in [0.4, 0.5) is 0 Å². The molecule has 1 aromatic rings. The fourth-order valence-corrected chi connectivity index (χ4v) is 2.57. The van der Waals surface area contributed by atoms with Gasteiger partial charge in [0.15, 0.2) is 5.82 Å². The van der Waals surface area contributed by atoms with Crippen LogP contribution in [0.5, 0.6) is 0 Å². The van der Waals surface area contributed by atoms with E-state index in [-0.39, 0.29) is 30.7 Å². The van der Waals surface area contributed by atoms with Crippen LogP contribution in [0.15, 0.2) is 0 Å². The predicted octanol–water partition coefficient (Wildman–Crippen LogP) is 1.18. The number of nitrogens with one attached hydrogen (secondary N) is 2. The monoisotopic (exact) mass is 306 g/mol. The predicted molar refractivity (Wildman–Crippen MR) is 78.5 cm³/mol. The van der Waals surface area contributed by atoms with Gasteiger partial charge in [0.1, 0.15) is 0 Å². The van der Waals surface area contributed by atoms with E-state index in [0.29, 0.717) is 5.82 Å². The van der Waals surface area contributed by atoms with Crippen molar-refractivity contribution in [3.8, 4) is 0 Å². The highest BCUT2D eigenvalue weighted by Gasteiger charge is 2.23. The summed E-state index contributed by atoms with van der Waals surface area (Å²) in [5.41, 5.74) is 2.28. The van der Waals surface area contributed by atoms with Gasteiger partial charge < -0.3 is 15.2 Å². The summed E-state index contributed by atoms with van der Waals surface area (Å²) in [6.45, 7) is 3.33. The number of piperazine rings is 1. The normalized spacial score (nSPS) is 18.0. The molecular formula is C12H20Cl2N4O. The molecule has 7 heteroatoms. The molecule has 1 saturated heterocycles. The number of nitrogens with zero attached hydrogens (tertiary/aromatic N) is 2. The Labute approximate surface area is 125 Å². The van der Waals surface area contributed by atoms with Crippen molar-refractivity contribution < 1.29 is 4.79 Å². The fourth-order valence-electron chi connectivity index (χ4n) is 2.57. The number of fused-ring (bicyclic) bond motifs is 1. The highest BCUT2D eigenvalue weighted by Crippen LogP contribution is 2.19. The maximum Gasteiger partial charge on any atom is 0.289 e. The van der Waals surface area contributed by atoms with E-state index in [1.54, 1.807) is 0 Å².